The third-order valence-corrected chi connectivity index (χ3v) is 5.16. The summed E-state index contributed by atoms with van der Waals surface area (Å²) in [5.41, 5.74) is 6.75. The van der Waals surface area contributed by atoms with Crippen molar-refractivity contribution in [1.82, 2.24) is 9.71 Å². The van der Waals surface area contributed by atoms with Gasteiger partial charge in [0.05, 0.1) is 11.4 Å². The molecule has 1 aromatic carbocycles. The summed E-state index contributed by atoms with van der Waals surface area (Å²) in [6.07, 6.45) is 1.72. The highest BCUT2D eigenvalue weighted by Crippen LogP contribution is 2.20. The molecule has 0 aliphatic rings. The van der Waals surface area contributed by atoms with Gasteiger partial charge in [0.25, 0.3) is 0 Å². The minimum atomic E-state index is -3.57. The highest BCUT2D eigenvalue weighted by atomic mass is 32.2. The molecule has 0 saturated carbocycles. The molecule has 5 nitrogen and oxygen atoms in total. The van der Waals surface area contributed by atoms with Gasteiger partial charge in [0, 0.05) is 16.8 Å². The number of hydrogen-bond donors (Lipinski definition) is 2. The quantitative estimate of drug-likeness (QED) is 0.843. The van der Waals surface area contributed by atoms with Gasteiger partial charge in [-0.1, -0.05) is 6.07 Å². The predicted octanol–water partition coefficient (Wildman–Crippen LogP) is 1.82. The summed E-state index contributed by atoms with van der Waals surface area (Å²) >= 11 is 1.47. The Hall–Kier alpha value is -1.44. The summed E-state index contributed by atoms with van der Waals surface area (Å²) in [5, 5.41) is 0.739. The number of aryl methyl sites for hydroxylation is 1. The van der Waals surface area contributed by atoms with Crippen molar-refractivity contribution in [1.29, 1.82) is 0 Å². The first-order valence-corrected chi connectivity index (χ1v) is 7.96. The normalized spacial score (nSPS) is 11.7. The van der Waals surface area contributed by atoms with E-state index in [0.29, 0.717) is 11.3 Å². The Morgan fingerprint density at radius 1 is 1.37 bits per heavy atom. The highest BCUT2D eigenvalue weighted by molar-refractivity contribution is 7.89. The molecule has 2 rings (SSSR count). The van der Waals surface area contributed by atoms with Crippen molar-refractivity contribution in [2.24, 2.45) is 0 Å². The molecule has 0 fully saturated rings. The van der Waals surface area contributed by atoms with E-state index in [1.807, 2.05) is 6.92 Å². The van der Waals surface area contributed by atoms with E-state index in [1.54, 1.807) is 31.3 Å². The molecule has 0 saturated heterocycles. The largest absolute Gasteiger partial charge is 0.398 e. The number of anilines is 1. The van der Waals surface area contributed by atoms with Crippen LogP contribution in [0.2, 0.25) is 0 Å². The number of nitrogens with zero attached hydrogens (tertiary/aromatic N) is 1. The van der Waals surface area contributed by atoms with Gasteiger partial charge >= 0.3 is 0 Å². The van der Waals surface area contributed by atoms with Crippen LogP contribution in [0.15, 0.2) is 29.3 Å². The van der Waals surface area contributed by atoms with E-state index in [2.05, 4.69) is 9.71 Å². The molecule has 2 aromatic rings. The molecule has 0 atom stereocenters. The number of sulfonamides is 1. The van der Waals surface area contributed by atoms with Crippen molar-refractivity contribution < 1.29 is 8.42 Å². The van der Waals surface area contributed by atoms with Crippen LogP contribution in [0.25, 0.3) is 0 Å². The molecule has 0 spiro atoms. The van der Waals surface area contributed by atoms with Gasteiger partial charge in [0.15, 0.2) is 0 Å². The second kappa shape index (κ2) is 5.28. The lowest BCUT2D eigenvalue weighted by molar-refractivity contribution is 0.580. The zero-order valence-corrected chi connectivity index (χ0v) is 12.3. The lowest BCUT2D eigenvalue weighted by atomic mass is 10.2. The van der Waals surface area contributed by atoms with Gasteiger partial charge in [0.1, 0.15) is 5.01 Å². The maximum Gasteiger partial charge on any atom is 0.241 e. The fourth-order valence-corrected chi connectivity index (χ4v) is 3.72. The van der Waals surface area contributed by atoms with E-state index in [4.69, 9.17) is 5.73 Å². The Bertz CT molecular complexity index is 693. The van der Waals surface area contributed by atoms with Crippen LogP contribution in [0.3, 0.4) is 0 Å². The first-order valence-electron chi connectivity index (χ1n) is 5.66. The minimum absolute atomic E-state index is 0.190. The van der Waals surface area contributed by atoms with Crippen molar-refractivity contribution in [3.63, 3.8) is 0 Å². The maximum atomic E-state index is 12.2. The van der Waals surface area contributed by atoms with Crippen LogP contribution < -0.4 is 10.5 Å². The van der Waals surface area contributed by atoms with Crippen LogP contribution in [-0.4, -0.2) is 13.4 Å². The fourth-order valence-electron chi connectivity index (χ4n) is 1.64. The van der Waals surface area contributed by atoms with Gasteiger partial charge in [-0.15, -0.1) is 11.3 Å². The van der Waals surface area contributed by atoms with E-state index in [-0.39, 0.29) is 11.4 Å². The van der Waals surface area contributed by atoms with Gasteiger partial charge < -0.3 is 5.73 Å². The molecule has 19 heavy (non-hydrogen) atoms. The maximum absolute atomic E-state index is 12.2. The number of nitrogen functional groups attached to an aromatic ring is 1. The Balaban J connectivity index is 2.21. The molecule has 3 N–H and O–H groups in total. The molecule has 0 unspecified atom stereocenters. The van der Waals surface area contributed by atoms with Crippen LogP contribution >= 0.6 is 11.3 Å². The Morgan fingerprint density at radius 2 is 2.11 bits per heavy atom. The van der Waals surface area contributed by atoms with E-state index >= 15 is 0 Å². The molecule has 7 heteroatoms. The Morgan fingerprint density at radius 3 is 2.74 bits per heavy atom. The predicted molar refractivity (Wildman–Crippen MR) is 76.5 cm³/mol. The number of thiazole rings is 1. The number of nitrogens with two attached hydrogens (primary N) is 1. The van der Waals surface area contributed by atoms with Crippen molar-refractivity contribution in [2.45, 2.75) is 25.3 Å². The Kier molecular flexibility index (Phi) is 3.88. The van der Waals surface area contributed by atoms with Crippen LogP contribution in [-0.2, 0) is 16.6 Å². The topological polar surface area (TPSA) is 85.1 Å². The van der Waals surface area contributed by atoms with E-state index in [1.165, 1.54) is 11.3 Å². The van der Waals surface area contributed by atoms with Crippen LogP contribution in [0.1, 0.15) is 15.4 Å². The SMILES string of the molecule is Cc1cnc(CNS(=O)(=O)c2cccc(N)c2C)s1. The lowest BCUT2D eigenvalue weighted by Gasteiger charge is -2.09. The first kappa shape index (κ1) is 14.0. The zero-order chi connectivity index (χ0) is 14.0. The first-order chi connectivity index (χ1) is 8.90. The number of benzene rings is 1. The fraction of sp³-hybridized carbons (Fsp3) is 0.250. The van der Waals surface area contributed by atoms with Crippen LogP contribution in [0, 0.1) is 13.8 Å². The molecular weight excluding hydrogens is 282 g/mol. The number of hydrogen-bond acceptors (Lipinski definition) is 5. The van der Waals surface area contributed by atoms with Gasteiger partial charge in [0.2, 0.25) is 10.0 Å². The second-order valence-electron chi connectivity index (χ2n) is 4.16. The number of aromatic nitrogens is 1. The summed E-state index contributed by atoms with van der Waals surface area (Å²) in [5.74, 6) is 0. The average Bonchev–Trinajstić information content (AvgIpc) is 2.76. The van der Waals surface area contributed by atoms with E-state index < -0.39 is 10.0 Å². The molecule has 1 heterocycles. The van der Waals surface area contributed by atoms with Gasteiger partial charge in [-0.2, -0.15) is 0 Å². The third kappa shape index (κ3) is 3.12. The van der Waals surface area contributed by atoms with Crippen molar-refractivity contribution in [3.8, 4) is 0 Å². The lowest BCUT2D eigenvalue weighted by Crippen LogP contribution is -2.24. The second-order valence-corrected chi connectivity index (χ2v) is 7.21. The Labute approximate surface area is 116 Å². The smallest absolute Gasteiger partial charge is 0.241 e. The molecule has 0 bridgehead atoms. The van der Waals surface area contributed by atoms with E-state index in [0.717, 1.165) is 9.88 Å². The minimum Gasteiger partial charge on any atom is -0.398 e. The molecule has 0 aliphatic heterocycles. The summed E-state index contributed by atoms with van der Waals surface area (Å²) in [4.78, 5) is 5.38. The van der Waals surface area contributed by atoms with Crippen LogP contribution in [0.5, 0.6) is 0 Å². The summed E-state index contributed by atoms with van der Waals surface area (Å²) in [6, 6.07) is 4.85. The molecule has 0 amide bonds. The van der Waals surface area contributed by atoms with Gasteiger partial charge in [-0.05, 0) is 31.5 Å². The van der Waals surface area contributed by atoms with Crippen LogP contribution in [0.4, 0.5) is 5.69 Å². The number of rotatable bonds is 4. The van der Waals surface area contributed by atoms with Crippen molar-refractivity contribution in [3.05, 3.63) is 39.8 Å². The zero-order valence-electron chi connectivity index (χ0n) is 10.7. The molecule has 102 valence electrons. The standard InChI is InChI=1S/C12H15N3O2S2/c1-8-6-14-12(18-8)7-15-19(16,17)11-5-3-4-10(13)9(11)2/h3-6,15H,7,13H2,1-2H3. The third-order valence-electron chi connectivity index (χ3n) is 2.70. The monoisotopic (exact) mass is 297 g/mol. The average molecular weight is 297 g/mol. The van der Waals surface area contributed by atoms with E-state index in [9.17, 15) is 8.42 Å². The van der Waals surface area contributed by atoms with Gasteiger partial charge in [-0.3, -0.25) is 0 Å². The highest BCUT2D eigenvalue weighted by Gasteiger charge is 2.17. The molecule has 0 radical (unpaired) electrons. The number of nitrogens with one attached hydrogen (secondary N) is 1. The summed E-state index contributed by atoms with van der Waals surface area (Å²) in [6.45, 7) is 3.81. The summed E-state index contributed by atoms with van der Waals surface area (Å²) < 4.78 is 26.9. The molecule has 0 aliphatic carbocycles. The molecular formula is C12H15N3O2S2. The van der Waals surface area contributed by atoms with Gasteiger partial charge in [-0.25, -0.2) is 18.1 Å². The summed E-state index contributed by atoms with van der Waals surface area (Å²) in [7, 11) is -3.57. The van der Waals surface area contributed by atoms with Crippen molar-refractivity contribution >= 4 is 27.0 Å². The molecule has 1 aromatic heterocycles. The van der Waals surface area contributed by atoms with Crippen molar-refractivity contribution in [2.75, 3.05) is 5.73 Å².